The van der Waals surface area contributed by atoms with E-state index in [9.17, 15) is 9.90 Å². The van der Waals surface area contributed by atoms with Crippen LogP contribution in [-0.2, 0) is 4.79 Å². The number of hydrogen-bond donors (Lipinski definition) is 5. The maximum absolute atomic E-state index is 12.0. The summed E-state index contributed by atoms with van der Waals surface area (Å²) >= 11 is 9.57. The molecule has 0 saturated carbocycles. The number of nitrogens with one attached hydrogen (secondary N) is 3. The molecule has 0 radical (unpaired) electrons. The van der Waals surface area contributed by atoms with E-state index in [1.165, 1.54) is 18.4 Å². The summed E-state index contributed by atoms with van der Waals surface area (Å²) in [6.45, 7) is 0.391. The molecule has 152 valence electrons. The van der Waals surface area contributed by atoms with Gasteiger partial charge in [0.2, 0.25) is 0 Å². The first kappa shape index (κ1) is 22.5. The molecule has 28 heavy (non-hydrogen) atoms. The molecule has 0 saturated heterocycles. The average Bonchev–Trinajstić information content (AvgIpc) is 3.14. The number of aromatic nitrogens is 1. The second kappa shape index (κ2) is 10.7. The van der Waals surface area contributed by atoms with Crippen LogP contribution in [0.3, 0.4) is 0 Å². The number of likely N-dealkylation sites (N-methyl/N-ethyl adjacent to an activating group) is 1. The molecule has 0 aliphatic carbocycles. The van der Waals surface area contributed by atoms with Gasteiger partial charge in [0.25, 0.3) is 5.91 Å². The van der Waals surface area contributed by atoms with Crippen LogP contribution in [0.15, 0.2) is 41.2 Å². The Bertz CT molecular complexity index is 847. The van der Waals surface area contributed by atoms with Gasteiger partial charge in [-0.3, -0.25) is 4.79 Å². The fourth-order valence-electron chi connectivity index (χ4n) is 2.29. The number of aliphatic hydroxyl groups is 1. The van der Waals surface area contributed by atoms with Gasteiger partial charge in [-0.05, 0) is 6.07 Å². The van der Waals surface area contributed by atoms with Crippen LogP contribution in [-0.4, -0.2) is 46.0 Å². The second-order valence-electron chi connectivity index (χ2n) is 5.64. The Morgan fingerprint density at radius 3 is 2.75 bits per heavy atom. The molecule has 0 bridgehead atoms. The number of hydrogen-bond acceptors (Lipinski definition) is 8. The number of carbonyl (C=O) groups is 1. The topological polar surface area (TPSA) is 116 Å². The summed E-state index contributed by atoms with van der Waals surface area (Å²) in [5.41, 5.74) is 7.74. The molecule has 0 spiro atoms. The molecule has 1 heterocycles. The van der Waals surface area contributed by atoms with Crippen LogP contribution in [0, 0.1) is 0 Å². The van der Waals surface area contributed by atoms with Crippen LogP contribution in [0.2, 0.25) is 5.02 Å². The summed E-state index contributed by atoms with van der Waals surface area (Å²) in [5.74, 6) is -0.0616. The minimum atomic E-state index is -0.843. The largest absolute Gasteiger partial charge is 0.384 e. The second-order valence-corrected chi connectivity index (χ2v) is 8.07. The van der Waals surface area contributed by atoms with Crippen molar-refractivity contribution in [2.24, 2.45) is 5.73 Å². The summed E-state index contributed by atoms with van der Waals surface area (Å²) in [4.78, 5) is 16.5. The number of rotatable bonds is 9. The molecule has 1 amide bonds. The fraction of sp³-hybridized carbons (Fsp3) is 0.294. The van der Waals surface area contributed by atoms with Crippen molar-refractivity contribution in [2.75, 3.05) is 26.0 Å². The number of amides is 1. The first-order chi connectivity index (χ1) is 13.4. The minimum absolute atomic E-state index is 0.250. The average molecular weight is 537 g/mol. The van der Waals surface area contributed by atoms with Gasteiger partial charge in [0.05, 0.1) is 28.6 Å². The highest BCUT2D eigenvalue weighted by molar-refractivity contribution is 14.1. The molecule has 1 aromatic carbocycles. The normalized spacial score (nSPS) is 12.8. The fourth-order valence-corrected chi connectivity index (χ4v) is 4.04. The number of carbonyl (C=O) groups excluding carboxylic acids is 1. The molecule has 11 heteroatoms. The van der Waals surface area contributed by atoms with E-state index >= 15 is 0 Å². The number of benzene rings is 1. The Hall–Kier alpha value is -1.76. The standard InChI is InChI=1S/C17H22ClIN6O2S/c1-21-15(20)14(16(27)22-2)25(19)8-7-13(26)24-17-23-12(9-28-17)10-5-3-4-6-11(10)18/h3-6,9,13,21,26H,7-8,20H2,1-2H3,(H,22,27)(H,23,24)/b15-14+. The third kappa shape index (κ3) is 5.87. The molecule has 8 nitrogen and oxygen atoms in total. The number of anilines is 1. The van der Waals surface area contributed by atoms with E-state index in [1.807, 2.05) is 52.5 Å². The number of thiazole rings is 1. The molecule has 1 aromatic heterocycles. The lowest BCUT2D eigenvalue weighted by Crippen LogP contribution is -2.35. The van der Waals surface area contributed by atoms with Crippen LogP contribution in [0.5, 0.6) is 0 Å². The minimum Gasteiger partial charge on any atom is -0.384 e. The van der Waals surface area contributed by atoms with Crippen molar-refractivity contribution in [3.63, 3.8) is 0 Å². The maximum atomic E-state index is 12.0. The van der Waals surface area contributed by atoms with Gasteiger partial charge in [-0.15, -0.1) is 11.3 Å². The quantitative estimate of drug-likeness (QED) is 0.145. The lowest BCUT2D eigenvalue weighted by atomic mass is 10.2. The first-order valence-electron chi connectivity index (χ1n) is 8.35. The van der Waals surface area contributed by atoms with E-state index in [4.69, 9.17) is 17.3 Å². The zero-order valence-corrected chi connectivity index (χ0v) is 19.1. The molecule has 2 rings (SSSR count). The van der Waals surface area contributed by atoms with Crippen LogP contribution in [0.25, 0.3) is 11.3 Å². The highest BCUT2D eigenvalue weighted by Crippen LogP contribution is 2.30. The predicted molar refractivity (Wildman–Crippen MR) is 122 cm³/mol. The zero-order chi connectivity index (χ0) is 20.7. The Morgan fingerprint density at radius 2 is 2.11 bits per heavy atom. The van der Waals surface area contributed by atoms with Gasteiger partial charge in [0, 0.05) is 43.0 Å². The Morgan fingerprint density at radius 1 is 1.39 bits per heavy atom. The van der Waals surface area contributed by atoms with E-state index in [0.29, 0.717) is 28.8 Å². The molecule has 0 aliphatic heterocycles. The van der Waals surface area contributed by atoms with Crippen LogP contribution in [0.4, 0.5) is 5.13 Å². The van der Waals surface area contributed by atoms with Gasteiger partial charge in [-0.1, -0.05) is 29.8 Å². The summed E-state index contributed by atoms with van der Waals surface area (Å²) in [5, 5.41) is 21.6. The van der Waals surface area contributed by atoms with Crippen molar-refractivity contribution in [3.8, 4) is 11.3 Å². The molecule has 0 aliphatic rings. The third-order valence-electron chi connectivity index (χ3n) is 3.75. The highest BCUT2D eigenvalue weighted by Gasteiger charge is 2.19. The van der Waals surface area contributed by atoms with Crippen molar-refractivity contribution in [2.45, 2.75) is 12.6 Å². The number of halogens is 2. The van der Waals surface area contributed by atoms with Crippen molar-refractivity contribution in [3.05, 3.63) is 46.2 Å². The predicted octanol–water partition coefficient (Wildman–Crippen LogP) is 2.33. The van der Waals surface area contributed by atoms with E-state index in [1.54, 1.807) is 10.2 Å². The smallest absolute Gasteiger partial charge is 0.271 e. The van der Waals surface area contributed by atoms with E-state index in [2.05, 4.69) is 20.9 Å². The van der Waals surface area contributed by atoms with Crippen molar-refractivity contribution in [1.29, 1.82) is 0 Å². The monoisotopic (exact) mass is 536 g/mol. The van der Waals surface area contributed by atoms with Gasteiger partial charge < -0.3 is 29.9 Å². The van der Waals surface area contributed by atoms with E-state index < -0.39 is 6.23 Å². The summed E-state index contributed by atoms with van der Waals surface area (Å²) in [6.07, 6.45) is -0.495. The van der Waals surface area contributed by atoms with Gasteiger partial charge in [0.15, 0.2) is 10.8 Å². The molecule has 1 unspecified atom stereocenters. The number of nitrogens with zero attached hydrogens (tertiary/aromatic N) is 2. The van der Waals surface area contributed by atoms with Gasteiger partial charge in [-0.2, -0.15) is 0 Å². The summed E-state index contributed by atoms with van der Waals surface area (Å²) in [7, 11) is 3.17. The van der Waals surface area contributed by atoms with Crippen molar-refractivity contribution >= 4 is 56.8 Å². The zero-order valence-electron chi connectivity index (χ0n) is 15.4. The molecule has 6 N–H and O–H groups in total. The van der Waals surface area contributed by atoms with Crippen molar-refractivity contribution in [1.82, 2.24) is 18.7 Å². The van der Waals surface area contributed by atoms with Gasteiger partial charge in [-0.25, -0.2) is 4.98 Å². The van der Waals surface area contributed by atoms with Crippen LogP contribution in [0.1, 0.15) is 6.42 Å². The van der Waals surface area contributed by atoms with Crippen LogP contribution < -0.4 is 21.7 Å². The Balaban J connectivity index is 1.97. The van der Waals surface area contributed by atoms with E-state index in [-0.39, 0.29) is 11.7 Å². The van der Waals surface area contributed by atoms with Gasteiger partial charge >= 0.3 is 0 Å². The number of nitrogens with two attached hydrogens (primary N) is 1. The molecule has 0 fully saturated rings. The summed E-state index contributed by atoms with van der Waals surface area (Å²) in [6, 6.07) is 7.46. The maximum Gasteiger partial charge on any atom is 0.271 e. The molecular formula is C17H22ClIN6O2S. The Kier molecular flexibility index (Phi) is 8.60. The lowest BCUT2D eigenvalue weighted by molar-refractivity contribution is -0.118. The Labute approximate surface area is 186 Å². The summed E-state index contributed by atoms with van der Waals surface area (Å²) < 4.78 is 1.66. The van der Waals surface area contributed by atoms with Gasteiger partial charge in [0.1, 0.15) is 12.0 Å². The third-order valence-corrected chi connectivity index (χ3v) is 5.82. The molecule has 2 aromatic rings. The number of aliphatic hydroxyl groups excluding tert-OH is 1. The molecular weight excluding hydrogens is 515 g/mol. The molecule has 1 atom stereocenters. The SMILES string of the molecule is CNC(=O)/C(=C(/N)NC)N(I)CCC(O)Nc1nc(-c2ccccc2Cl)cs1. The lowest BCUT2D eigenvalue weighted by Gasteiger charge is -2.22. The van der Waals surface area contributed by atoms with Crippen molar-refractivity contribution < 1.29 is 9.90 Å². The first-order valence-corrected chi connectivity index (χ1v) is 10.6. The van der Waals surface area contributed by atoms with E-state index in [0.717, 1.165) is 11.3 Å². The highest BCUT2D eigenvalue weighted by atomic mass is 127. The van der Waals surface area contributed by atoms with Crippen LogP contribution >= 0.6 is 45.8 Å².